The first-order valence-electron chi connectivity index (χ1n) is 7.04. The first kappa shape index (κ1) is 12.4. The highest BCUT2D eigenvalue weighted by Gasteiger charge is 2.35. The summed E-state index contributed by atoms with van der Waals surface area (Å²) in [5, 5.41) is 3.80. The second-order valence-electron chi connectivity index (χ2n) is 5.81. The zero-order chi connectivity index (χ0) is 11.4. The van der Waals surface area contributed by atoms with Gasteiger partial charge < -0.3 is 10.1 Å². The molecule has 0 bridgehead atoms. The van der Waals surface area contributed by atoms with Crippen LogP contribution in [0.1, 0.15) is 58.3 Å². The van der Waals surface area contributed by atoms with Crippen molar-refractivity contribution in [2.45, 2.75) is 70.4 Å². The van der Waals surface area contributed by atoms with E-state index in [2.05, 4.69) is 12.2 Å². The van der Waals surface area contributed by atoms with Gasteiger partial charge in [0.2, 0.25) is 0 Å². The highest BCUT2D eigenvalue weighted by Crippen LogP contribution is 2.43. The molecule has 0 amide bonds. The molecule has 0 radical (unpaired) electrons. The minimum Gasteiger partial charge on any atom is -0.381 e. The molecule has 2 rings (SSSR count). The number of hydrogen-bond acceptors (Lipinski definition) is 2. The Kier molecular flexibility index (Phi) is 4.26. The third-order valence-electron chi connectivity index (χ3n) is 4.89. The number of ether oxygens (including phenoxy) is 1. The predicted molar refractivity (Wildman–Crippen MR) is 67.6 cm³/mol. The zero-order valence-electron chi connectivity index (χ0n) is 10.9. The van der Waals surface area contributed by atoms with E-state index in [0.29, 0.717) is 17.6 Å². The minimum absolute atomic E-state index is 0.505. The summed E-state index contributed by atoms with van der Waals surface area (Å²) in [6.07, 6.45) is 11.3. The van der Waals surface area contributed by atoms with Crippen LogP contribution in [-0.2, 0) is 4.74 Å². The molecule has 94 valence electrons. The van der Waals surface area contributed by atoms with E-state index in [0.717, 1.165) is 0 Å². The Morgan fingerprint density at radius 2 is 2.06 bits per heavy atom. The predicted octanol–water partition coefficient (Wildman–Crippen LogP) is 3.11. The third-order valence-corrected chi connectivity index (χ3v) is 4.89. The molecular formula is C14H27NO. The molecule has 1 N–H and O–H groups in total. The molecule has 2 atom stereocenters. The Hall–Kier alpha value is -0.0800. The molecular weight excluding hydrogens is 198 g/mol. The lowest BCUT2D eigenvalue weighted by Crippen LogP contribution is -2.45. The van der Waals surface area contributed by atoms with Gasteiger partial charge in [0, 0.05) is 19.7 Å². The molecule has 0 spiro atoms. The molecule has 2 nitrogen and oxygen atoms in total. The third kappa shape index (κ3) is 2.78. The van der Waals surface area contributed by atoms with E-state index < -0.39 is 0 Å². The van der Waals surface area contributed by atoms with E-state index in [1.807, 2.05) is 7.11 Å². The van der Waals surface area contributed by atoms with Crippen LogP contribution in [0.15, 0.2) is 0 Å². The van der Waals surface area contributed by atoms with E-state index in [9.17, 15) is 0 Å². The number of nitrogens with one attached hydrogen (secondary N) is 1. The van der Waals surface area contributed by atoms with E-state index in [-0.39, 0.29) is 0 Å². The zero-order valence-corrected chi connectivity index (χ0v) is 10.9. The number of methoxy groups -OCH3 is 1. The fraction of sp³-hybridized carbons (Fsp3) is 1.00. The van der Waals surface area contributed by atoms with Gasteiger partial charge in [-0.15, -0.1) is 0 Å². The van der Waals surface area contributed by atoms with Crippen LogP contribution < -0.4 is 5.32 Å². The van der Waals surface area contributed by atoms with Gasteiger partial charge in [-0.3, -0.25) is 0 Å². The monoisotopic (exact) mass is 225 g/mol. The van der Waals surface area contributed by atoms with Crippen molar-refractivity contribution < 1.29 is 4.74 Å². The number of rotatable bonds is 5. The van der Waals surface area contributed by atoms with Gasteiger partial charge in [-0.1, -0.05) is 13.3 Å². The average molecular weight is 225 g/mol. The van der Waals surface area contributed by atoms with Crippen LogP contribution in [0.25, 0.3) is 0 Å². The molecule has 0 aromatic heterocycles. The summed E-state index contributed by atoms with van der Waals surface area (Å²) in [4.78, 5) is 0. The van der Waals surface area contributed by atoms with Gasteiger partial charge in [0.15, 0.2) is 0 Å². The van der Waals surface area contributed by atoms with Crippen molar-refractivity contribution in [1.82, 2.24) is 5.32 Å². The maximum atomic E-state index is 5.48. The van der Waals surface area contributed by atoms with Gasteiger partial charge in [0.05, 0.1) is 6.10 Å². The van der Waals surface area contributed by atoms with Crippen LogP contribution >= 0.6 is 0 Å². The largest absolute Gasteiger partial charge is 0.381 e. The molecule has 2 saturated carbocycles. The van der Waals surface area contributed by atoms with E-state index in [1.54, 1.807) is 0 Å². The topological polar surface area (TPSA) is 21.3 Å². The quantitative estimate of drug-likeness (QED) is 0.776. The Labute approximate surface area is 100 Å². The second kappa shape index (κ2) is 5.50. The summed E-state index contributed by atoms with van der Waals surface area (Å²) in [6, 6.07) is 0.711. The highest BCUT2D eigenvalue weighted by molar-refractivity contribution is 4.90. The molecule has 2 fully saturated rings. The molecule has 16 heavy (non-hydrogen) atoms. The molecule has 0 heterocycles. The van der Waals surface area contributed by atoms with E-state index in [1.165, 1.54) is 57.9 Å². The van der Waals surface area contributed by atoms with Crippen molar-refractivity contribution in [1.29, 1.82) is 0 Å². The maximum Gasteiger partial charge on any atom is 0.0586 e. The molecule has 2 unspecified atom stereocenters. The van der Waals surface area contributed by atoms with Crippen LogP contribution in [0.4, 0.5) is 0 Å². The molecule has 2 aliphatic rings. The Morgan fingerprint density at radius 1 is 1.25 bits per heavy atom. The Balaban J connectivity index is 1.72. The lowest BCUT2D eigenvalue weighted by atomic mass is 9.67. The first-order valence-corrected chi connectivity index (χ1v) is 7.04. The van der Waals surface area contributed by atoms with Gasteiger partial charge >= 0.3 is 0 Å². The van der Waals surface area contributed by atoms with Crippen molar-refractivity contribution >= 4 is 0 Å². The van der Waals surface area contributed by atoms with Crippen molar-refractivity contribution in [3.8, 4) is 0 Å². The summed E-state index contributed by atoms with van der Waals surface area (Å²) >= 11 is 0. The summed E-state index contributed by atoms with van der Waals surface area (Å²) in [5.74, 6) is 0. The van der Waals surface area contributed by atoms with Crippen molar-refractivity contribution in [2.24, 2.45) is 5.41 Å². The van der Waals surface area contributed by atoms with Crippen molar-refractivity contribution in [2.75, 3.05) is 13.7 Å². The summed E-state index contributed by atoms with van der Waals surface area (Å²) in [7, 11) is 1.85. The van der Waals surface area contributed by atoms with Gasteiger partial charge in [0.25, 0.3) is 0 Å². The van der Waals surface area contributed by atoms with Gasteiger partial charge in [-0.25, -0.2) is 0 Å². The normalized spacial score (nSPS) is 33.4. The van der Waals surface area contributed by atoms with Crippen LogP contribution in [0.2, 0.25) is 0 Å². The van der Waals surface area contributed by atoms with Gasteiger partial charge in [-0.05, 0) is 50.4 Å². The lowest BCUT2D eigenvalue weighted by Gasteiger charge is -2.43. The smallest absolute Gasteiger partial charge is 0.0586 e. The summed E-state index contributed by atoms with van der Waals surface area (Å²) in [5.41, 5.74) is 0.653. The Morgan fingerprint density at radius 3 is 2.62 bits per heavy atom. The fourth-order valence-electron chi connectivity index (χ4n) is 3.24. The van der Waals surface area contributed by atoms with E-state index in [4.69, 9.17) is 4.74 Å². The standard InChI is InChI=1S/C14H27NO/c1-3-14(8-5-9-14)11-15-12-6-4-7-13(10-12)16-2/h12-13,15H,3-11H2,1-2H3. The van der Waals surface area contributed by atoms with Crippen LogP contribution in [0.5, 0.6) is 0 Å². The summed E-state index contributed by atoms with van der Waals surface area (Å²) in [6.45, 7) is 3.59. The highest BCUT2D eigenvalue weighted by atomic mass is 16.5. The SMILES string of the molecule is CCC1(CNC2CCCC(OC)C2)CCC1. The average Bonchev–Trinajstić information content (AvgIpc) is 2.29. The van der Waals surface area contributed by atoms with Gasteiger partial charge in [0.1, 0.15) is 0 Å². The summed E-state index contributed by atoms with van der Waals surface area (Å²) < 4.78 is 5.48. The van der Waals surface area contributed by atoms with E-state index >= 15 is 0 Å². The molecule has 0 aromatic rings. The second-order valence-corrected chi connectivity index (χ2v) is 5.81. The van der Waals surface area contributed by atoms with Crippen molar-refractivity contribution in [3.63, 3.8) is 0 Å². The molecule has 2 heteroatoms. The van der Waals surface area contributed by atoms with Crippen molar-refractivity contribution in [3.05, 3.63) is 0 Å². The van der Waals surface area contributed by atoms with Crippen LogP contribution in [0, 0.1) is 5.41 Å². The molecule has 0 saturated heterocycles. The van der Waals surface area contributed by atoms with Crippen LogP contribution in [-0.4, -0.2) is 25.8 Å². The minimum atomic E-state index is 0.505. The molecule has 0 aromatic carbocycles. The molecule has 2 aliphatic carbocycles. The van der Waals surface area contributed by atoms with Crippen LogP contribution in [0.3, 0.4) is 0 Å². The fourth-order valence-corrected chi connectivity index (χ4v) is 3.24. The molecule has 0 aliphatic heterocycles. The lowest BCUT2D eigenvalue weighted by molar-refractivity contribution is 0.0510. The maximum absolute atomic E-state index is 5.48. The van der Waals surface area contributed by atoms with Gasteiger partial charge in [-0.2, -0.15) is 0 Å². The number of hydrogen-bond donors (Lipinski definition) is 1. The first-order chi connectivity index (χ1) is 7.78. The Bertz CT molecular complexity index is 207.